The molecule has 3 N–H and O–H groups in total. The molecule has 20 heavy (non-hydrogen) atoms. The Kier molecular flexibility index (Phi) is 4.41. The maximum absolute atomic E-state index is 11.7. The second kappa shape index (κ2) is 6.25. The third kappa shape index (κ3) is 3.61. The van der Waals surface area contributed by atoms with E-state index in [9.17, 15) is 9.59 Å². The number of halogens is 1. The van der Waals surface area contributed by atoms with Gasteiger partial charge in [-0.2, -0.15) is 0 Å². The van der Waals surface area contributed by atoms with Crippen LogP contribution in [-0.2, 0) is 6.54 Å². The summed E-state index contributed by atoms with van der Waals surface area (Å²) in [5.41, 5.74) is 0.227. The number of rotatable bonds is 4. The number of benzene rings is 1. The standard InChI is InChI=1S/C13H11BrN2O4/c14-8-3-4-11(10(6-8)12(17)18)16-13(19)15-7-9-2-1-5-20-9/h1-6H,7H2,(H,17,18)(H2,15,16,19). The summed E-state index contributed by atoms with van der Waals surface area (Å²) in [5.74, 6) is -0.512. The van der Waals surface area contributed by atoms with E-state index in [0.717, 1.165) is 0 Å². The number of hydrogen-bond donors (Lipinski definition) is 3. The van der Waals surface area contributed by atoms with Gasteiger partial charge in [-0.05, 0) is 30.3 Å². The lowest BCUT2D eigenvalue weighted by molar-refractivity contribution is 0.0698. The summed E-state index contributed by atoms with van der Waals surface area (Å²) in [6.45, 7) is 0.220. The van der Waals surface area contributed by atoms with Crippen molar-refractivity contribution in [2.45, 2.75) is 6.54 Å². The molecule has 0 aliphatic carbocycles. The van der Waals surface area contributed by atoms with E-state index in [0.29, 0.717) is 10.2 Å². The zero-order valence-corrected chi connectivity index (χ0v) is 11.8. The highest BCUT2D eigenvalue weighted by atomic mass is 79.9. The molecular formula is C13H11BrN2O4. The average Bonchev–Trinajstić information content (AvgIpc) is 2.91. The molecule has 6 nitrogen and oxygen atoms in total. The van der Waals surface area contributed by atoms with E-state index in [4.69, 9.17) is 9.52 Å². The first kappa shape index (κ1) is 14.1. The first-order valence-corrected chi connectivity index (χ1v) is 6.45. The summed E-state index contributed by atoms with van der Waals surface area (Å²) < 4.78 is 5.69. The number of nitrogens with one attached hydrogen (secondary N) is 2. The van der Waals surface area contributed by atoms with E-state index >= 15 is 0 Å². The van der Waals surface area contributed by atoms with E-state index in [1.54, 1.807) is 18.2 Å². The van der Waals surface area contributed by atoms with Gasteiger partial charge >= 0.3 is 12.0 Å². The van der Waals surface area contributed by atoms with E-state index in [1.807, 2.05) is 0 Å². The molecule has 0 bridgehead atoms. The minimum absolute atomic E-state index is 0.00697. The van der Waals surface area contributed by atoms with Crippen LogP contribution < -0.4 is 10.6 Å². The van der Waals surface area contributed by atoms with Crippen molar-refractivity contribution in [3.8, 4) is 0 Å². The first-order valence-electron chi connectivity index (χ1n) is 5.66. The summed E-state index contributed by atoms with van der Waals surface area (Å²) in [6.07, 6.45) is 1.51. The Balaban J connectivity index is 2.02. The molecule has 0 aliphatic rings. The molecule has 2 aromatic rings. The third-order valence-electron chi connectivity index (χ3n) is 2.46. The molecule has 0 atom stereocenters. The van der Waals surface area contributed by atoms with Gasteiger partial charge in [0.15, 0.2) is 0 Å². The molecule has 2 rings (SSSR count). The van der Waals surface area contributed by atoms with Crippen LogP contribution in [0.5, 0.6) is 0 Å². The monoisotopic (exact) mass is 338 g/mol. The molecule has 1 aromatic carbocycles. The van der Waals surface area contributed by atoms with Gasteiger partial charge in [0.25, 0.3) is 0 Å². The highest BCUT2D eigenvalue weighted by Crippen LogP contribution is 2.21. The summed E-state index contributed by atoms with van der Waals surface area (Å²) in [5, 5.41) is 14.1. The maximum Gasteiger partial charge on any atom is 0.337 e. The van der Waals surface area contributed by atoms with Crippen molar-refractivity contribution in [3.05, 3.63) is 52.4 Å². The molecule has 0 spiro atoms. The molecule has 0 aliphatic heterocycles. The fourth-order valence-corrected chi connectivity index (χ4v) is 1.91. The predicted octanol–water partition coefficient (Wildman–Crippen LogP) is 3.06. The van der Waals surface area contributed by atoms with E-state index in [-0.39, 0.29) is 17.8 Å². The summed E-state index contributed by atoms with van der Waals surface area (Å²) >= 11 is 3.18. The number of aromatic carboxylic acids is 1. The molecule has 1 aromatic heterocycles. The molecule has 0 fully saturated rings. The smallest absolute Gasteiger partial charge is 0.337 e. The van der Waals surface area contributed by atoms with Crippen LogP contribution in [0, 0.1) is 0 Å². The van der Waals surface area contributed by atoms with Crippen molar-refractivity contribution in [2.24, 2.45) is 0 Å². The molecule has 0 saturated carbocycles. The fraction of sp³-hybridized carbons (Fsp3) is 0.0769. The van der Waals surface area contributed by atoms with Gasteiger partial charge in [-0.25, -0.2) is 9.59 Å². The Bertz CT molecular complexity index is 625. The average molecular weight is 339 g/mol. The highest BCUT2D eigenvalue weighted by Gasteiger charge is 2.13. The van der Waals surface area contributed by atoms with Gasteiger partial charge < -0.3 is 20.2 Å². The predicted molar refractivity (Wildman–Crippen MR) is 75.7 cm³/mol. The van der Waals surface area contributed by atoms with E-state index in [1.165, 1.54) is 18.4 Å². The summed E-state index contributed by atoms with van der Waals surface area (Å²) in [4.78, 5) is 22.8. The Morgan fingerprint density at radius 1 is 1.30 bits per heavy atom. The largest absolute Gasteiger partial charge is 0.478 e. The van der Waals surface area contributed by atoms with Gasteiger partial charge in [-0.1, -0.05) is 15.9 Å². The molecule has 0 radical (unpaired) electrons. The quantitative estimate of drug-likeness (QED) is 0.798. The van der Waals surface area contributed by atoms with Gasteiger partial charge in [-0.3, -0.25) is 0 Å². The van der Waals surface area contributed by atoms with Crippen LogP contribution in [-0.4, -0.2) is 17.1 Å². The van der Waals surface area contributed by atoms with Crippen molar-refractivity contribution >= 4 is 33.6 Å². The zero-order valence-electron chi connectivity index (χ0n) is 10.2. The Morgan fingerprint density at radius 3 is 2.75 bits per heavy atom. The number of carbonyl (C=O) groups is 2. The second-order valence-electron chi connectivity index (χ2n) is 3.88. The lowest BCUT2D eigenvalue weighted by Gasteiger charge is -2.09. The number of carboxylic acid groups (broad SMARTS) is 1. The lowest BCUT2D eigenvalue weighted by atomic mass is 10.2. The Morgan fingerprint density at radius 2 is 2.10 bits per heavy atom. The van der Waals surface area contributed by atoms with Crippen LogP contribution in [0.3, 0.4) is 0 Å². The fourth-order valence-electron chi connectivity index (χ4n) is 1.55. The number of urea groups is 1. The van der Waals surface area contributed by atoms with Crippen LogP contribution in [0.2, 0.25) is 0 Å². The van der Waals surface area contributed by atoms with Gasteiger partial charge in [0, 0.05) is 4.47 Å². The molecule has 7 heteroatoms. The van der Waals surface area contributed by atoms with Crippen LogP contribution >= 0.6 is 15.9 Å². The van der Waals surface area contributed by atoms with Gasteiger partial charge in [0.05, 0.1) is 24.1 Å². The summed E-state index contributed by atoms with van der Waals surface area (Å²) in [6, 6.07) is 7.51. The Labute approximate surface area is 122 Å². The SMILES string of the molecule is O=C(NCc1ccco1)Nc1ccc(Br)cc1C(=O)O. The number of anilines is 1. The molecular weight excluding hydrogens is 328 g/mol. The van der Waals surface area contributed by atoms with Gasteiger partial charge in [-0.15, -0.1) is 0 Å². The molecule has 1 heterocycles. The minimum Gasteiger partial charge on any atom is -0.478 e. The highest BCUT2D eigenvalue weighted by molar-refractivity contribution is 9.10. The molecule has 0 unspecified atom stereocenters. The zero-order chi connectivity index (χ0) is 14.5. The van der Waals surface area contributed by atoms with E-state index < -0.39 is 12.0 Å². The van der Waals surface area contributed by atoms with Crippen molar-refractivity contribution in [2.75, 3.05) is 5.32 Å². The van der Waals surface area contributed by atoms with Crippen molar-refractivity contribution < 1.29 is 19.1 Å². The molecule has 0 saturated heterocycles. The topological polar surface area (TPSA) is 91.6 Å². The van der Waals surface area contributed by atoms with Crippen LogP contribution in [0.4, 0.5) is 10.5 Å². The van der Waals surface area contributed by atoms with Gasteiger partial charge in [0.1, 0.15) is 5.76 Å². The second-order valence-corrected chi connectivity index (χ2v) is 4.80. The normalized spacial score (nSPS) is 10.1. The number of carboxylic acids is 1. The van der Waals surface area contributed by atoms with Crippen LogP contribution in [0.1, 0.15) is 16.1 Å². The van der Waals surface area contributed by atoms with Crippen molar-refractivity contribution in [1.82, 2.24) is 5.32 Å². The lowest BCUT2D eigenvalue weighted by Crippen LogP contribution is -2.28. The molecule has 104 valence electrons. The maximum atomic E-state index is 11.7. The van der Waals surface area contributed by atoms with Crippen LogP contribution in [0.25, 0.3) is 0 Å². The Hall–Kier alpha value is -2.28. The van der Waals surface area contributed by atoms with E-state index in [2.05, 4.69) is 26.6 Å². The first-order chi connectivity index (χ1) is 9.56. The number of hydrogen-bond acceptors (Lipinski definition) is 3. The summed E-state index contributed by atoms with van der Waals surface area (Å²) in [7, 11) is 0. The number of carbonyl (C=O) groups excluding carboxylic acids is 1. The minimum atomic E-state index is -1.12. The van der Waals surface area contributed by atoms with Crippen molar-refractivity contribution in [3.63, 3.8) is 0 Å². The molecule has 2 amide bonds. The number of amides is 2. The van der Waals surface area contributed by atoms with Crippen molar-refractivity contribution in [1.29, 1.82) is 0 Å². The number of furan rings is 1. The third-order valence-corrected chi connectivity index (χ3v) is 2.96. The van der Waals surface area contributed by atoms with Crippen LogP contribution in [0.15, 0.2) is 45.5 Å². The van der Waals surface area contributed by atoms with Gasteiger partial charge in [0.2, 0.25) is 0 Å².